The lowest BCUT2D eigenvalue weighted by Crippen LogP contribution is -2.46. The van der Waals surface area contributed by atoms with Gasteiger partial charge in [-0.05, 0) is 38.0 Å². The first-order valence-electron chi connectivity index (χ1n) is 9.14. The van der Waals surface area contributed by atoms with Gasteiger partial charge < -0.3 is 15.4 Å². The number of guanidine groups is 1. The lowest BCUT2D eigenvalue weighted by molar-refractivity contribution is 0.0675. The van der Waals surface area contributed by atoms with E-state index in [1.807, 2.05) is 7.05 Å². The molecule has 1 aliphatic carbocycles. The maximum atomic E-state index is 5.42. The van der Waals surface area contributed by atoms with Crippen LogP contribution in [0.5, 0.6) is 0 Å². The van der Waals surface area contributed by atoms with Crippen LogP contribution in [-0.2, 0) is 4.74 Å². The van der Waals surface area contributed by atoms with E-state index >= 15 is 0 Å². The van der Waals surface area contributed by atoms with E-state index in [-0.39, 0.29) is 0 Å². The number of likely N-dealkylation sites (tertiary alicyclic amines) is 1. The van der Waals surface area contributed by atoms with Gasteiger partial charge in [-0.3, -0.25) is 9.89 Å². The summed E-state index contributed by atoms with van der Waals surface area (Å²) in [6.45, 7) is 5.28. The summed E-state index contributed by atoms with van der Waals surface area (Å²) in [5.74, 6) is 1.70. The summed E-state index contributed by atoms with van der Waals surface area (Å²) < 4.78 is 5.42. The van der Waals surface area contributed by atoms with Gasteiger partial charge in [-0.25, -0.2) is 0 Å². The standard InChI is InChI=1S/C17H32N4O/c1-18-17(19-12-14-7-10-22-11-8-14)20-15-6-9-21(13-15)16-4-2-3-5-16/h14-16H,2-13H2,1H3,(H2,18,19,20). The third-order valence-electron chi connectivity index (χ3n) is 5.52. The van der Waals surface area contributed by atoms with Crippen molar-refractivity contribution in [2.75, 3.05) is 39.9 Å². The largest absolute Gasteiger partial charge is 0.381 e. The summed E-state index contributed by atoms with van der Waals surface area (Å²) in [6.07, 6.45) is 9.24. The molecule has 5 heteroatoms. The van der Waals surface area contributed by atoms with Crippen LogP contribution in [0, 0.1) is 5.92 Å². The highest BCUT2D eigenvalue weighted by Gasteiger charge is 2.30. The molecule has 1 atom stereocenters. The van der Waals surface area contributed by atoms with Crippen LogP contribution in [0.3, 0.4) is 0 Å². The van der Waals surface area contributed by atoms with E-state index in [0.29, 0.717) is 6.04 Å². The van der Waals surface area contributed by atoms with Crippen molar-refractivity contribution in [2.24, 2.45) is 10.9 Å². The molecule has 2 aliphatic heterocycles. The van der Waals surface area contributed by atoms with Crippen molar-refractivity contribution in [1.29, 1.82) is 0 Å². The van der Waals surface area contributed by atoms with Gasteiger partial charge in [0.1, 0.15) is 0 Å². The summed E-state index contributed by atoms with van der Waals surface area (Å²) in [5.41, 5.74) is 0. The maximum Gasteiger partial charge on any atom is 0.191 e. The van der Waals surface area contributed by atoms with Crippen LogP contribution in [0.25, 0.3) is 0 Å². The predicted molar refractivity (Wildman–Crippen MR) is 90.3 cm³/mol. The zero-order valence-corrected chi connectivity index (χ0v) is 14.0. The van der Waals surface area contributed by atoms with Crippen molar-refractivity contribution >= 4 is 5.96 Å². The van der Waals surface area contributed by atoms with Crippen LogP contribution in [0.1, 0.15) is 44.9 Å². The average Bonchev–Trinajstić information content (AvgIpc) is 3.23. The van der Waals surface area contributed by atoms with Gasteiger partial charge in [-0.1, -0.05) is 12.8 Å². The van der Waals surface area contributed by atoms with Gasteiger partial charge in [0, 0.05) is 52.0 Å². The molecule has 0 radical (unpaired) electrons. The molecule has 0 aromatic rings. The Bertz CT molecular complexity index is 362. The van der Waals surface area contributed by atoms with E-state index < -0.39 is 0 Å². The SMILES string of the molecule is CN=C(NCC1CCOCC1)NC1CCN(C2CCCC2)C1. The summed E-state index contributed by atoms with van der Waals surface area (Å²) in [7, 11) is 1.88. The quantitative estimate of drug-likeness (QED) is 0.612. The zero-order valence-electron chi connectivity index (χ0n) is 14.0. The Kier molecular flexibility index (Phi) is 5.96. The van der Waals surface area contributed by atoms with E-state index in [1.54, 1.807) is 0 Å². The Balaban J connectivity index is 1.39. The molecule has 0 bridgehead atoms. The van der Waals surface area contributed by atoms with Crippen molar-refractivity contribution in [2.45, 2.75) is 57.0 Å². The average molecular weight is 308 g/mol. The Hall–Kier alpha value is -0.810. The highest BCUT2D eigenvalue weighted by Crippen LogP contribution is 2.26. The lowest BCUT2D eigenvalue weighted by atomic mass is 10.0. The molecule has 2 saturated heterocycles. The zero-order chi connectivity index (χ0) is 15.2. The van der Waals surface area contributed by atoms with Crippen molar-refractivity contribution in [3.8, 4) is 0 Å². The molecule has 22 heavy (non-hydrogen) atoms. The van der Waals surface area contributed by atoms with E-state index in [2.05, 4.69) is 20.5 Å². The van der Waals surface area contributed by atoms with Gasteiger partial charge in [0.05, 0.1) is 0 Å². The molecule has 2 N–H and O–H groups in total. The molecule has 1 unspecified atom stereocenters. The van der Waals surface area contributed by atoms with Crippen LogP contribution in [0.2, 0.25) is 0 Å². The molecule has 126 valence electrons. The Morgan fingerprint density at radius 3 is 2.64 bits per heavy atom. The fourth-order valence-electron chi connectivity index (χ4n) is 4.09. The smallest absolute Gasteiger partial charge is 0.191 e. The van der Waals surface area contributed by atoms with Crippen LogP contribution in [0.4, 0.5) is 0 Å². The van der Waals surface area contributed by atoms with Gasteiger partial charge >= 0.3 is 0 Å². The number of aliphatic imine (C=N–C) groups is 1. The van der Waals surface area contributed by atoms with Crippen molar-refractivity contribution < 1.29 is 4.74 Å². The third-order valence-corrected chi connectivity index (χ3v) is 5.52. The number of ether oxygens (including phenoxy) is 1. The number of nitrogens with one attached hydrogen (secondary N) is 2. The lowest BCUT2D eigenvalue weighted by Gasteiger charge is -2.25. The van der Waals surface area contributed by atoms with Gasteiger partial charge in [0.2, 0.25) is 0 Å². The molecule has 0 aromatic heterocycles. The molecule has 3 aliphatic rings. The Morgan fingerprint density at radius 1 is 1.14 bits per heavy atom. The number of hydrogen-bond acceptors (Lipinski definition) is 3. The molecule has 3 fully saturated rings. The molecule has 0 amide bonds. The molecular formula is C17H32N4O. The van der Waals surface area contributed by atoms with Crippen molar-refractivity contribution in [3.05, 3.63) is 0 Å². The topological polar surface area (TPSA) is 48.9 Å². The number of nitrogens with zero attached hydrogens (tertiary/aromatic N) is 2. The second-order valence-corrected chi connectivity index (χ2v) is 7.07. The summed E-state index contributed by atoms with van der Waals surface area (Å²) in [5, 5.41) is 7.14. The number of hydrogen-bond donors (Lipinski definition) is 2. The second kappa shape index (κ2) is 8.16. The Labute approximate surface area is 134 Å². The summed E-state index contributed by atoms with van der Waals surface area (Å²) >= 11 is 0. The molecule has 0 spiro atoms. The molecular weight excluding hydrogens is 276 g/mol. The molecule has 3 rings (SSSR count). The van der Waals surface area contributed by atoms with Crippen LogP contribution in [-0.4, -0.2) is 62.8 Å². The number of rotatable bonds is 4. The van der Waals surface area contributed by atoms with Gasteiger partial charge in [-0.2, -0.15) is 0 Å². The second-order valence-electron chi connectivity index (χ2n) is 7.07. The van der Waals surface area contributed by atoms with Crippen molar-refractivity contribution in [1.82, 2.24) is 15.5 Å². The molecule has 0 aromatic carbocycles. The van der Waals surface area contributed by atoms with E-state index in [4.69, 9.17) is 4.74 Å². The maximum absolute atomic E-state index is 5.42. The highest BCUT2D eigenvalue weighted by molar-refractivity contribution is 5.80. The fraction of sp³-hybridized carbons (Fsp3) is 0.941. The normalized spacial score (nSPS) is 29.1. The van der Waals surface area contributed by atoms with E-state index in [9.17, 15) is 0 Å². The minimum atomic E-state index is 0.557. The van der Waals surface area contributed by atoms with Crippen LogP contribution in [0.15, 0.2) is 4.99 Å². The van der Waals surface area contributed by atoms with Gasteiger partial charge in [0.15, 0.2) is 5.96 Å². The molecule has 5 nitrogen and oxygen atoms in total. The van der Waals surface area contributed by atoms with Crippen molar-refractivity contribution in [3.63, 3.8) is 0 Å². The third kappa shape index (κ3) is 4.35. The summed E-state index contributed by atoms with van der Waals surface area (Å²) in [4.78, 5) is 7.09. The first-order valence-corrected chi connectivity index (χ1v) is 9.14. The first-order chi connectivity index (χ1) is 10.8. The fourth-order valence-corrected chi connectivity index (χ4v) is 4.09. The minimum Gasteiger partial charge on any atom is -0.381 e. The van der Waals surface area contributed by atoms with Gasteiger partial charge in [-0.15, -0.1) is 0 Å². The first kappa shape index (κ1) is 16.1. The predicted octanol–water partition coefficient (Wildman–Crippen LogP) is 1.59. The Morgan fingerprint density at radius 2 is 1.91 bits per heavy atom. The van der Waals surface area contributed by atoms with Gasteiger partial charge in [0.25, 0.3) is 0 Å². The van der Waals surface area contributed by atoms with Crippen LogP contribution < -0.4 is 10.6 Å². The van der Waals surface area contributed by atoms with E-state index in [0.717, 1.165) is 37.7 Å². The molecule has 2 heterocycles. The van der Waals surface area contributed by atoms with E-state index in [1.165, 1.54) is 58.0 Å². The molecule has 1 saturated carbocycles. The van der Waals surface area contributed by atoms with Crippen LogP contribution >= 0.6 is 0 Å². The summed E-state index contributed by atoms with van der Waals surface area (Å²) in [6, 6.07) is 1.41. The highest BCUT2D eigenvalue weighted by atomic mass is 16.5. The minimum absolute atomic E-state index is 0.557. The monoisotopic (exact) mass is 308 g/mol.